The predicted molar refractivity (Wildman–Crippen MR) is 173 cm³/mol. The van der Waals surface area contributed by atoms with E-state index < -0.39 is 23.8 Å². The maximum atomic E-state index is 13.4. The third-order valence-electron chi connectivity index (χ3n) is 7.42. The van der Waals surface area contributed by atoms with Crippen molar-refractivity contribution in [3.63, 3.8) is 0 Å². The van der Waals surface area contributed by atoms with Crippen molar-refractivity contribution in [2.24, 2.45) is 5.92 Å². The number of carbonyl (C=O) groups excluding carboxylic acids is 4. The fourth-order valence-corrected chi connectivity index (χ4v) is 5.01. The van der Waals surface area contributed by atoms with Crippen molar-refractivity contribution < 1.29 is 37.9 Å². The summed E-state index contributed by atoms with van der Waals surface area (Å²) in [6.07, 6.45) is 5.19. The second-order valence-electron chi connectivity index (χ2n) is 10.8. The highest BCUT2D eigenvalue weighted by atomic mass is 16.7. The lowest BCUT2D eigenvalue weighted by Crippen LogP contribution is -2.48. The van der Waals surface area contributed by atoms with Crippen LogP contribution in [0.2, 0.25) is 0 Å². The molecule has 0 aliphatic heterocycles. The van der Waals surface area contributed by atoms with Gasteiger partial charge in [0.05, 0.1) is 37.9 Å². The van der Waals surface area contributed by atoms with Gasteiger partial charge in [-0.15, -0.1) is 0 Å². The first-order valence-corrected chi connectivity index (χ1v) is 15.8. The van der Waals surface area contributed by atoms with Crippen LogP contribution in [0.1, 0.15) is 85.8 Å². The van der Waals surface area contributed by atoms with Gasteiger partial charge in [-0.2, -0.15) is 0 Å². The quantitative estimate of drug-likeness (QED) is 0.0516. The molecule has 2 aromatic carbocycles. The van der Waals surface area contributed by atoms with Crippen molar-refractivity contribution in [3.05, 3.63) is 77.6 Å². The smallest absolute Gasteiger partial charge is 0.338 e. The molecule has 0 aliphatic carbocycles. The fraction of sp³-hybridized carbons (Fsp3) is 0.429. The Morgan fingerprint density at radius 3 is 2.41 bits per heavy atom. The summed E-state index contributed by atoms with van der Waals surface area (Å²) in [5, 5.41) is 6.69. The molecule has 11 heteroatoms. The maximum absolute atomic E-state index is 13.4. The molecular weight excluding hydrogens is 590 g/mol. The van der Waals surface area contributed by atoms with Crippen LogP contribution >= 0.6 is 0 Å². The summed E-state index contributed by atoms with van der Waals surface area (Å²) < 4.78 is 16.4. The molecule has 0 saturated heterocycles. The fourth-order valence-electron chi connectivity index (χ4n) is 5.01. The lowest BCUT2D eigenvalue weighted by molar-refractivity contribution is -0.200. The lowest BCUT2D eigenvalue weighted by Gasteiger charge is -2.32. The zero-order chi connectivity index (χ0) is 33.3. The second kappa shape index (κ2) is 19.0. The predicted octanol–water partition coefficient (Wildman–Crippen LogP) is 5.89. The van der Waals surface area contributed by atoms with Crippen molar-refractivity contribution >= 4 is 24.2 Å². The van der Waals surface area contributed by atoms with Crippen molar-refractivity contribution in [2.45, 2.75) is 71.9 Å². The van der Waals surface area contributed by atoms with Gasteiger partial charge in [0.25, 0.3) is 5.91 Å². The first-order chi connectivity index (χ1) is 22.3. The van der Waals surface area contributed by atoms with E-state index >= 15 is 0 Å². The van der Waals surface area contributed by atoms with Gasteiger partial charge in [0.2, 0.25) is 12.3 Å². The summed E-state index contributed by atoms with van der Waals surface area (Å²) in [7, 11) is 1.30. The molecule has 0 fully saturated rings. The summed E-state index contributed by atoms with van der Waals surface area (Å²) in [5.74, 6) is -1.05. The summed E-state index contributed by atoms with van der Waals surface area (Å²) in [6, 6.07) is 17.0. The number of ether oxygens (including phenoxy) is 2. The molecule has 3 aromatic rings. The van der Waals surface area contributed by atoms with Gasteiger partial charge >= 0.3 is 5.97 Å². The van der Waals surface area contributed by atoms with Crippen LogP contribution in [-0.4, -0.2) is 55.7 Å². The molecular formula is C35H45N3O8. The number of nitrogens with zero attached hydrogens (tertiary/aromatic N) is 1. The second-order valence-corrected chi connectivity index (χ2v) is 10.8. The van der Waals surface area contributed by atoms with E-state index in [-0.39, 0.29) is 30.5 Å². The molecule has 248 valence electrons. The Morgan fingerprint density at radius 2 is 1.74 bits per heavy atom. The molecule has 3 rings (SSSR count). The van der Waals surface area contributed by atoms with Gasteiger partial charge in [0.15, 0.2) is 5.76 Å². The van der Waals surface area contributed by atoms with Crippen molar-refractivity contribution in [3.8, 4) is 17.1 Å². The normalized spacial score (nSPS) is 12.1. The van der Waals surface area contributed by atoms with Gasteiger partial charge in [0, 0.05) is 5.56 Å². The van der Waals surface area contributed by atoms with E-state index in [1.807, 2.05) is 44.2 Å². The van der Waals surface area contributed by atoms with Gasteiger partial charge in [-0.25, -0.2) is 9.86 Å². The average molecular weight is 636 g/mol. The molecule has 2 N–H and O–H groups in total. The van der Waals surface area contributed by atoms with Crippen molar-refractivity contribution in [1.82, 2.24) is 15.7 Å². The minimum atomic E-state index is -0.546. The summed E-state index contributed by atoms with van der Waals surface area (Å²) in [5.41, 5.74) is 1.73. The number of amides is 3. The first-order valence-electron chi connectivity index (χ1n) is 15.8. The molecule has 1 unspecified atom stereocenters. The number of unbranched alkanes of at least 4 members (excludes halogenated alkanes) is 2. The minimum Gasteiger partial charge on any atom is -0.494 e. The highest BCUT2D eigenvalue weighted by Crippen LogP contribution is 2.29. The number of hydrogen-bond donors (Lipinski definition) is 2. The maximum Gasteiger partial charge on any atom is 0.338 e. The van der Waals surface area contributed by atoms with Crippen LogP contribution in [0.25, 0.3) is 11.3 Å². The molecule has 0 radical (unpaired) electrons. The van der Waals surface area contributed by atoms with E-state index in [1.54, 1.807) is 24.3 Å². The van der Waals surface area contributed by atoms with Crippen molar-refractivity contribution in [2.75, 3.05) is 20.4 Å². The third-order valence-corrected chi connectivity index (χ3v) is 7.42. The molecule has 0 bridgehead atoms. The number of benzene rings is 2. The molecule has 0 saturated carbocycles. The number of hydroxylamine groups is 2. The molecule has 46 heavy (non-hydrogen) atoms. The van der Waals surface area contributed by atoms with E-state index in [9.17, 15) is 19.2 Å². The van der Waals surface area contributed by atoms with Crippen LogP contribution in [0, 0.1) is 5.92 Å². The topological polar surface area (TPSA) is 136 Å². The Balaban J connectivity index is 1.66. The van der Waals surface area contributed by atoms with Crippen LogP contribution < -0.4 is 15.4 Å². The Labute approximate surface area is 270 Å². The van der Waals surface area contributed by atoms with Crippen LogP contribution in [0.15, 0.2) is 65.1 Å². The van der Waals surface area contributed by atoms with Gasteiger partial charge in [-0.1, -0.05) is 70.4 Å². The Hall–Kier alpha value is -4.64. The van der Waals surface area contributed by atoms with Gasteiger partial charge in [0.1, 0.15) is 18.1 Å². The number of esters is 1. The van der Waals surface area contributed by atoms with E-state index in [0.717, 1.165) is 31.2 Å². The standard InChI is InChI=1S/C35H45N3O8/c1-5-8-10-15-29(30(7-3)38(24-39)45-22-25-13-11-9-12-14-25)33(40)36-23-37-34(41)32-17-16-31(46-32)26-19-27(35(42)43-4)21-28(20-26)44-18-6-2/h9,11-14,16-17,19-21,24,29-30H,5-8,10,15,18,22-23H2,1-4H3,(H,36,40)(H,37,41)/t29?,30-/m1/s1. The molecule has 1 aromatic heterocycles. The van der Waals surface area contributed by atoms with Crippen LogP contribution in [0.4, 0.5) is 0 Å². The molecule has 3 amide bonds. The van der Waals surface area contributed by atoms with Crippen molar-refractivity contribution in [1.29, 1.82) is 0 Å². The summed E-state index contributed by atoms with van der Waals surface area (Å²) in [4.78, 5) is 56.4. The van der Waals surface area contributed by atoms with E-state index in [0.29, 0.717) is 42.9 Å². The summed E-state index contributed by atoms with van der Waals surface area (Å²) >= 11 is 0. The largest absolute Gasteiger partial charge is 0.494 e. The van der Waals surface area contributed by atoms with Gasteiger partial charge in [-0.3, -0.25) is 19.2 Å². The minimum absolute atomic E-state index is 0.0242. The molecule has 0 aliphatic rings. The zero-order valence-corrected chi connectivity index (χ0v) is 27.1. The highest BCUT2D eigenvalue weighted by molar-refractivity contribution is 5.93. The number of hydrogen-bond acceptors (Lipinski definition) is 8. The monoisotopic (exact) mass is 635 g/mol. The van der Waals surface area contributed by atoms with Crippen LogP contribution in [0.5, 0.6) is 5.75 Å². The molecule has 11 nitrogen and oxygen atoms in total. The van der Waals surface area contributed by atoms with E-state index in [4.69, 9.17) is 18.7 Å². The third kappa shape index (κ3) is 10.5. The van der Waals surface area contributed by atoms with E-state index in [2.05, 4.69) is 17.6 Å². The molecule has 1 heterocycles. The number of nitrogens with one attached hydrogen (secondary N) is 2. The number of carbonyl (C=O) groups is 4. The number of methoxy groups -OCH3 is 1. The van der Waals surface area contributed by atoms with Crippen LogP contribution in [-0.2, 0) is 25.8 Å². The SMILES string of the molecule is CCCCCC(C(=O)NCNC(=O)c1ccc(-c2cc(OCCC)cc(C(=O)OC)c2)o1)[C@@H](CC)N(C=O)OCc1ccccc1. The zero-order valence-electron chi connectivity index (χ0n) is 27.1. The number of furan rings is 1. The Bertz CT molecular complexity index is 1410. The lowest BCUT2D eigenvalue weighted by atomic mass is 9.90. The number of rotatable bonds is 20. The molecule has 2 atom stereocenters. The first kappa shape index (κ1) is 35.8. The molecule has 0 spiro atoms. The summed E-state index contributed by atoms with van der Waals surface area (Å²) in [6.45, 7) is 6.48. The van der Waals surface area contributed by atoms with E-state index in [1.165, 1.54) is 18.2 Å². The Kier molecular flexibility index (Phi) is 14.8. The average Bonchev–Trinajstić information content (AvgIpc) is 3.59. The van der Waals surface area contributed by atoms with Gasteiger partial charge < -0.3 is 24.5 Å². The highest BCUT2D eigenvalue weighted by Gasteiger charge is 2.32. The van der Waals surface area contributed by atoms with Crippen LogP contribution in [0.3, 0.4) is 0 Å². The Morgan fingerprint density at radius 1 is 0.957 bits per heavy atom. The van der Waals surface area contributed by atoms with Gasteiger partial charge in [-0.05, 0) is 55.2 Å².